The van der Waals surface area contributed by atoms with E-state index in [4.69, 9.17) is 11.6 Å². The Morgan fingerprint density at radius 2 is 2.07 bits per heavy atom. The number of hydrogen-bond donors (Lipinski definition) is 0. The minimum absolute atomic E-state index is 0.383. The number of nitrogens with zero attached hydrogens (tertiary/aromatic N) is 3. The van der Waals surface area contributed by atoms with Gasteiger partial charge in [0.05, 0.1) is 16.1 Å². The summed E-state index contributed by atoms with van der Waals surface area (Å²) in [6.45, 7) is 6.18. The summed E-state index contributed by atoms with van der Waals surface area (Å²) in [7, 11) is 1.88. The number of hydrogen-bond acceptors (Lipinski definition) is 2. The van der Waals surface area contributed by atoms with Gasteiger partial charge in [-0.2, -0.15) is 5.10 Å². The standard InChI is InChI=1S/C11H14ClN3/c1-6(2)8-5-13-11-9(10(8)12)7(3)14-15(11)4/h5-6H,1-4H3. The normalized spacial score (nSPS) is 11.6. The van der Waals surface area contributed by atoms with Crippen molar-refractivity contribution in [3.63, 3.8) is 0 Å². The fourth-order valence-electron chi connectivity index (χ4n) is 1.79. The van der Waals surface area contributed by atoms with Gasteiger partial charge in [-0.3, -0.25) is 4.68 Å². The van der Waals surface area contributed by atoms with Gasteiger partial charge in [0, 0.05) is 13.2 Å². The van der Waals surface area contributed by atoms with Gasteiger partial charge in [-0.05, 0) is 18.4 Å². The van der Waals surface area contributed by atoms with Crippen molar-refractivity contribution in [1.29, 1.82) is 0 Å². The Kier molecular flexibility index (Phi) is 2.43. The average molecular weight is 224 g/mol. The molecule has 0 saturated heterocycles. The Bertz CT molecular complexity index is 514. The van der Waals surface area contributed by atoms with Crippen LogP contribution in [0.3, 0.4) is 0 Å². The van der Waals surface area contributed by atoms with Gasteiger partial charge in [-0.15, -0.1) is 0 Å². The lowest BCUT2D eigenvalue weighted by molar-refractivity contribution is 0.772. The summed E-state index contributed by atoms with van der Waals surface area (Å²) in [6.07, 6.45) is 1.84. The predicted octanol–water partition coefficient (Wildman–Crippen LogP) is 3.05. The lowest BCUT2D eigenvalue weighted by Gasteiger charge is -2.08. The molecule has 2 aromatic rings. The molecule has 0 aliphatic heterocycles. The van der Waals surface area contributed by atoms with Gasteiger partial charge in [0.1, 0.15) is 0 Å². The van der Waals surface area contributed by atoms with E-state index < -0.39 is 0 Å². The molecule has 2 rings (SSSR count). The monoisotopic (exact) mass is 223 g/mol. The van der Waals surface area contributed by atoms with Crippen molar-refractivity contribution >= 4 is 22.6 Å². The summed E-state index contributed by atoms with van der Waals surface area (Å²) in [5, 5.41) is 6.09. The van der Waals surface area contributed by atoms with Gasteiger partial charge >= 0.3 is 0 Å². The molecule has 0 amide bonds. The van der Waals surface area contributed by atoms with Gasteiger partial charge in [-0.1, -0.05) is 25.4 Å². The molecule has 0 fully saturated rings. The Labute approximate surface area is 94.1 Å². The van der Waals surface area contributed by atoms with Crippen LogP contribution in [0.4, 0.5) is 0 Å². The van der Waals surface area contributed by atoms with Crippen LogP contribution in [0.1, 0.15) is 31.0 Å². The van der Waals surface area contributed by atoms with Gasteiger partial charge in [0.25, 0.3) is 0 Å². The number of halogens is 1. The molecular formula is C11H14ClN3. The number of aromatic nitrogens is 3. The zero-order valence-electron chi connectivity index (χ0n) is 9.37. The van der Waals surface area contributed by atoms with E-state index in [9.17, 15) is 0 Å². The molecule has 0 aliphatic carbocycles. The summed E-state index contributed by atoms with van der Waals surface area (Å²) in [4.78, 5) is 4.40. The second kappa shape index (κ2) is 3.49. The van der Waals surface area contributed by atoms with Crippen molar-refractivity contribution in [3.05, 3.63) is 22.5 Å². The summed E-state index contributed by atoms with van der Waals surface area (Å²) in [5.74, 6) is 0.383. The summed E-state index contributed by atoms with van der Waals surface area (Å²) < 4.78 is 1.76. The van der Waals surface area contributed by atoms with Crippen molar-refractivity contribution in [2.45, 2.75) is 26.7 Å². The smallest absolute Gasteiger partial charge is 0.159 e. The molecule has 0 N–H and O–H groups in total. The first-order valence-corrected chi connectivity index (χ1v) is 5.38. The second-order valence-electron chi connectivity index (χ2n) is 4.09. The van der Waals surface area contributed by atoms with Crippen LogP contribution in [0.15, 0.2) is 6.20 Å². The minimum Gasteiger partial charge on any atom is -0.250 e. The van der Waals surface area contributed by atoms with Crippen LogP contribution in [0, 0.1) is 6.92 Å². The van der Waals surface area contributed by atoms with E-state index in [1.165, 1.54) is 0 Å². The number of fused-ring (bicyclic) bond motifs is 1. The van der Waals surface area contributed by atoms with Crippen LogP contribution >= 0.6 is 11.6 Å². The van der Waals surface area contributed by atoms with Crippen LogP contribution in [-0.2, 0) is 7.05 Å². The zero-order chi connectivity index (χ0) is 11.2. The van der Waals surface area contributed by atoms with Crippen molar-refractivity contribution in [2.24, 2.45) is 7.05 Å². The molecule has 0 aliphatic rings. The topological polar surface area (TPSA) is 30.7 Å². The van der Waals surface area contributed by atoms with Crippen LogP contribution in [-0.4, -0.2) is 14.8 Å². The summed E-state index contributed by atoms with van der Waals surface area (Å²) in [6, 6.07) is 0. The van der Waals surface area contributed by atoms with Gasteiger partial charge in [0.2, 0.25) is 0 Å². The summed E-state index contributed by atoms with van der Waals surface area (Å²) >= 11 is 6.36. The molecule has 0 unspecified atom stereocenters. The molecular weight excluding hydrogens is 210 g/mol. The molecule has 3 nitrogen and oxygen atoms in total. The van der Waals surface area contributed by atoms with E-state index in [1.54, 1.807) is 4.68 Å². The highest BCUT2D eigenvalue weighted by atomic mass is 35.5. The quantitative estimate of drug-likeness (QED) is 0.744. The number of pyridine rings is 1. The third kappa shape index (κ3) is 1.51. The molecule has 0 aromatic carbocycles. The molecule has 2 heterocycles. The molecule has 4 heteroatoms. The van der Waals surface area contributed by atoms with Crippen LogP contribution < -0.4 is 0 Å². The maximum Gasteiger partial charge on any atom is 0.159 e. The highest BCUT2D eigenvalue weighted by Gasteiger charge is 2.15. The molecule has 0 spiro atoms. The van der Waals surface area contributed by atoms with Gasteiger partial charge < -0.3 is 0 Å². The third-order valence-corrected chi connectivity index (χ3v) is 3.02. The predicted molar refractivity (Wildman–Crippen MR) is 62.3 cm³/mol. The molecule has 0 radical (unpaired) electrons. The van der Waals surface area contributed by atoms with E-state index >= 15 is 0 Å². The highest BCUT2D eigenvalue weighted by molar-refractivity contribution is 6.36. The maximum atomic E-state index is 6.36. The SMILES string of the molecule is Cc1nn(C)c2ncc(C(C)C)c(Cl)c12. The summed E-state index contributed by atoms with van der Waals surface area (Å²) in [5.41, 5.74) is 2.87. The lowest BCUT2D eigenvalue weighted by Crippen LogP contribution is -1.95. The van der Waals surface area contributed by atoms with Crippen LogP contribution in [0.2, 0.25) is 5.02 Å². The Morgan fingerprint density at radius 1 is 1.40 bits per heavy atom. The van der Waals surface area contributed by atoms with Gasteiger partial charge in [-0.25, -0.2) is 4.98 Å². The fraction of sp³-hybridized carbons (Fsp3) is 0.455. The first kappa shape index (κ1) is 10.4. The van der Waals surface area contributed by atoms with E-state index in [2.05, 4.69) is 23.9 Å². The number of aryl methyl sites for hydroxylation is 2. The molecule has 0 atom stereocenters. The van der Waals surface area contributed by atoms with E-state index in [-0.39, 0.29) is 0 Å². The van der Waals surface area contributed by atoms with Gasteiger partial charge in [0.15, 0.2) is 5.65 Å². The Morgan fingerprint density at radius 3 is 2.67 bits per heavy atom. The second-order valence-corrected chi connectivity index (χ2v) is 4.47. The fourth-order valence-corrected chi connectivity index (χ4v) is 2.27. The highest BCUT2D eigenvalue weighted by Crippen LogP contribution is 2.31. The van der Waals surface area contributed by atoms with E-state index in [1.807, 2.05) is 20.2 Å². The average Bonchev–Trinajstić information content (AvgIpc) is 2.43. The largest absolute Gasteiger partial charge is 0.250 e. The number of rotatable bonds is 1. The first-order chi connectivity index (χ1) is 7.02. The Balaban J connectivity index is 2.84. The third-order valence-electron chi connectivity index (χ3n) is 2.61. The van der Waals surface area contributed by atoms with E-state index in [0.29, 0.717) is 5.92 Å². The molecule has 0 bridgehead atoms. The molecule has 0 saturated carbocycles. The van der Waals surface area contributed by atoms with Crippen molar-refractivity contribution < 1.29 is 0 Å². The Hall–Kier alpha value is -1.09. The molecule has 80 valence electrons. The van der Waals surface area contributed by atoms with Crippen molar-refractivity contribution in [3.8, 4) is 0 Å². The molecule has 15 heavy (non-hydrogen) atoms. The zero-order valence-corrected chi connectivity index (χ0v) is 10.1. The van der Waals surface area contributed by atoms with E-state index in [0.717, 1.165) is 27.3 Å². The lowest BCUT2D eigenvalue weighted by atomic mass is 10.0. The van der Waals surface area contributed by atoms with Crippen molar-refractivity contribution in [1.82, 2.24) is 14.8 Å². The van der Waals surface area contributed by atoms with Crippen LogP contribution in [0.25, 0.3) is 11.0 Å². The molecule has 2 aromatic heterocycles. The van der Waals surface area contributed by atoms with Crippen molar-refractivity contribution in [2.75, 3.05) is 0 Å². The minimum atomic E-state index is 0.383. The first-order valence-electron chi connectivity index (χ1n) is 5.00. The maximum absolute atomic E-state index is 6.36. The van der Waals surface area contributed by atoms with Crippen LogP contribution in [0.5, 0.6) is 0 Å².